The molecule has 0 heterocycles. The van der Waals surface area contributed by atoms with Gasteiger partial charge in [0.05, 0.1) is 39.6 Å². The Morgan fingerprint density at radius 2 is 0.952 bits per heavy atom. The van der Waals surface area contributed by atoms with Gasteiger partial charge < -0.3 is 18.9 Å². The molecule has 0 aliphatic carbocycles. The molecule has 0 spiro atoms. The largest absolute Gasteiger partial charge is 0.379 e. The van der Waals surface area contributed by atoms with Gasteiger partial charge in [-0.1, -0.05) is 34.1 Å². The molecule has 0 aromatic carbocycles. The minimum Gasteiger partial charge on any atom is -0.379 e. The van der Waals surface area contributed by atoms with Crippen molar-refractivity contribution in [2.45, 2.75) is 53.4 Å². The molecule has 0 saturated heterocycles. The standard InChI is InChI=1S/C17H36O4/c1-5-6-9-18-11-13-20-15-16-21-14-12-19-10-7-8-17(2,3)4/h5-16H2,1-4H3. The van der Waals surface area contributed by atoms with Crippen LogP contribution in [0.25, 0.3) is 0 Å². The topological polar surface area (TPSA) is 36.9 Å². The lowest BCUT2D eigenvalue weighted by Crippen LogP contribution is -2.12. The molecule has 128 valence electrons. The van der Waals surface area contributed by atoms with Crippen molar-refractivity contribution in [3.63, 3.8) is 0 Å². The van der Waals surface area contributed by atoms with Crippen LogP contribution in [0.4, 0.5) is 0 Å². The van der Waals surface area contributed by atoms with Crippen LogP contribution in [-0.2, 0) is 18.9 Å². The van der Waals surface area contributed by atoms with Crippen molar-refractivity contribution in [1.82, 2.24) is 0 Å². The Labute approximate surface area is 131 Å². The average Bonchev–Trinajstić information content (AvgIpc) is 2.42. The van der Waals surface area contributed by atoms with E-state index in [4.69, 9.17) is 18.9 Å². The van der Waals surface area contributed by atoms with E-state index in [1.165, 1.54) is 12.8 Å². The summed E-state index contributed by atoms with van der Waals surface area (Å²) in [5, 5.41) is 0. The van der Waals surface area contributed by atoms with Gasteiger partial charge in [0.1, 0.15) is 0 Å². The molecular formula is C17H36O4. The molecule has 0 radical (unpaired) electrons. The van der Waals surface area contributed by atoms with Crippen LogP contribution in [0.1, 0.15) is 53.4 Å². The molecule has 0 aliphatic rings. The van der Waals surface area contributed by atoms with Gasteiger partial charge in [0.25, 0.3) is 0 Å². The lowest BCUT2D eigenvalue weighted by molar-refractivity contribution is -0.00283. The van der Waals surface area contributed by atoms with Gasteiger partial charge in [-0.05, 0) is 24.7 Å². The maximum Gasteiger partial charge on any atom is 0.0701 e. The normalized spacial score (nSPS) is 12.0. The van der Waals surface area contributed by atoms with Crippen molar-refractivity contribution in [1.29, 1.82) is 0 Å². The highest BCUT2D eigenvalue weighted by molar-refractivity contribution is 4.60. The van der Waals surface area contributed by atoms with Crippen molar-refractivity contribution in [3.05, 3.63) is 0 Å². The van der Waals surface area contributed by atoms with E-state index in [1.54, 1.807) is 0 Å². The number of hydrogen-bond acceptors (Lipinski definition) is 4. The quantitative estimate of drug-likeness (QED) is 0.432. The highest BCUT2D eigenvalue weighted by atomic mass is 16.6. The van der Waals surface area contributed by atoms with E-state index in [-0.39, 0.29) is 0 Å². The first-order chi connectivity index (χ1) is 10.1. The molecular weight excluding hydrogens is 268 g/mol. The maximum atomic E-state index is 5.53. The molecule has 4 heteroatoms. The second kappa shape index (κ2) is 14.8. The average molecular weight is 304 g/mol. The Morgan fingerprint density at radius 3 is 1.33 bits per heavy atom. The van der Waals surface area contributed by atoms with Crippen molar-refractivity contribution in [2.24, 2.45) is 5.41 Å². The third-order valence-corrected chi connectivity index (χ3v) is 2.97. The SMILES string of the molecule is CCCCOCCOCCOCCOCCCC(C)(C)C. The maximum absolute atomic E-state index is 5.53. The number of unbranched alkanes of at least 4 members (excludes halogenated alkanes) is 1. The Morgan fingerprint density at radius 1 is 0.571 bits per heavy atom. The molecule has 0 fully saturated rings. The van der Waals surface area contributed by atoms with E-state index in [0.29, 0.717) is 45.1 Å². The predicted octanol–water partition coefficient (Wildman–Crippen LogP) is 3.68. The summed E-state index contributed by atoms with van der Waals surface area (Å²) in [6, 6.07) is 0. The van der Waals surface area contributed by atoms with Gasteiger partial charge in [-0.15, -0.1) is 0 Å². The summed E-state index contributed by atoms with van der Waals surface area (Å²) in [6.07, 6.45) is 4.61. The molecule has 0 aromatic heterocycles. The Bertz CT molecular complexity index is 201. The summed E-state index contributed by atoms with van der Waals surface area (Å²) >= 11 is 0. The lowest BCUT2D eigenvalue weighted by Gasteiger charge is -2.17. The smallest absolute Gasteiger partial charge is 0.0701 e. The number of rotatable bonds is 15. The van der Waals surface area contributed by atoms with Crippen LogP contribution in [0.5, 0.6) is 0 Å². The fraction of sp³-hybridized carbons (Fsp3) is 1.00. The summed E-state index contributed by atoms with van der Waals surface area (Å²) < 4.78 is 21.8. The minimum atomic E-state index is 0.400. The molecule has 4 nitrogen and oxygen atoms in total. The van der Waals surface area contributed by atoms with E-state index in [1.807, 2.05) is 0 Å². The molecule has 0 unspecified atom stereocenters. The number of ether oxygens (including phenoxy) is 4. The summed E-state index contributed by atoms with van der Waals surface area (Å²) in [4.78, 5) is 0. The van der Waals surface area contributed by atoms with Crippen molar-refractivity contribution < 1.29 is 18.9 Å². The van der Waals surface area contributed by atoms with E-state index < -0.39 is 0 Å². The van der Waals surface area contributed by atoms with Crippen LogP contribution >= 0.6 is 0 Å². The second-order valence-corrected chi connectivity index (χ2v) is 6.47. The summed E-state index contributed by atoms with van der Waals surface area (Å²) in [6.45, 7) is 14.5. The van der Waals surface area contributed by atoms with Crippen LogP contribution < -0.4 is 0 Å². The molecule has 0 atom stereocenters. The first kappa shape index (κ1) is 20.8. The molecule has 0 bridgehead atoms. The fourth-order valence-corrected chi connectivity index (χ4v) is 1.71. The van der Waals surface area contributed by atoms with E-state index in [0.717, 1.165) is 26.1 Å². The van der Waals surface area contributed by atoms with E-state index >= 15 is 0 Å². The van der Waals surface area contributed by atoms with Crippen LogP contribution in [0, 0.1) is 5.41 Å². The van der Waals surface area contributed by atoms with Gasteiger partial charge in [0.15, 0.2) is 0 Å². The highest BCUT2D eigenvalue weighted by Crippen LogP contribution is 2.20. The van der Waals surface area contributed by atoms with Gasteiger partial charge in [-0.25, -0.2) is 0 Å². The third kappa shape index (κ3) is 19.8. The molecule has 21 heavy (non-hydrogen) atoms. The molecule has 0 amide bonds. The Kier molecular flexibility index (Phi) is 14.7. The Balaban J connectivity index is 3.00. The monoisotopic (exact) mass is 304 g/mol. The lowest BCUT2D eigenvalue weighted by atomic mass is 9.91. The zero-order chi connectivity index (χ0) is 15.8. The minimum absolute atomic E-state index is 0.400. The van der Waals surface area contributed by atoms with Crippen molar-refractivity contribution >= 4 is 0 Å². The molecule has 0 N–H and O–H groups in total. The molecule has 0 aliphatic heterocycles. The van der Waals surface area contributed by atoms with E-state index in [9.17, 15) is 0 Å². The third-order valence-electron chi connectivity index (χ3n) is 2.97. The van der Waals surface area contributed by atoms with E-state index in [2.05, 4.69) is 27.7 Å². The zero-order valence-electron chi connectivity index (χ0n) is 14.6. The first-order valence-electron chi connectivity index (χ1n) is 8.37. The Hall–Kier alpha value is -0.160. The highest BCUT2D eigenvalue weighted by Gasteiger charge is 2.08. The van der Waals surface area contributed by atoms with Gasteiger partial charge in [-0.3, -0.25) is 0 Å². The zero-order valence-corrected chi connectivity index (χ0v) is 14.6. The van der Waals surface area contributed by atoms with Gasteiger partial charge >= 0.3 is 0 Å². The van der Waals surface area contributed by atoms with Crippen LogP contribution in [0.3, 0.4) is 0 Å². The summed E-state index contributed by atoms with van der Waals surface area (Å²) in [5.41, 5.74) is 0.400. The van der Waals surface area contributed by atoms with Crippen molar-refractivity contribution in [2.75, 3.05) is 52.9 Å². The predicted molar refractivity (Wildman–Crippen MR) is 86.9 cm³/mol. The number of hydrogen-bond donors (Lipinski definition) is 0. The van der Waals surface area contributed by atoms with Crippen molar-refractivity contribution in [3.8, 4) is 0 Å². The van der Waals surface area contributed by atoms with Crippen LogP contribution in [-0.4, -0.2) is 52.9 Å². The second-order valence-electron chi connectivity index (χ2n) is 6.47. The fourth-order valence-electron chi connectivity index (χ4n) is 1.71. The molecule has 0 rings (SSSR count). The summed E-state index contributed by atoms with van der Waals surface area (Å²) in [5.74, 6) is 0. The molecule has 0 aromatic rings. The van der Waals surface area contributed by atoms with Crippen LogP contribution in [0.2, 0.25) is 0 Å². The summed E-state index contributed by atoms with van der Waals surface area (Å²) in [7, 11) is 0. The molecule has 0 saturated carbocycles. The first-order valence-corrected chi connectivity index (χ1v) is 8.37. The van der Waals surface area contributed by atoms with Gasteiger partial charge in [-0.2, -0.15) is 0 Å². The van der Waals surface area contributed by atoms with Crippen LogP contribution in [0.15, 0.2) is 0 Å². The van der Waals surface area contributed by atoms with Gasteiger partial charge in [0.2, 0.25) is 0 Å². The van der Waals surface area contributed by atoms with Gasteiger partial charge in [0, 0.05) is 13.2 Å².